The molecule has 0 aliphatic heterocycles. The molecule has 5 atom stereocenters. The molecule has 0 saturated carbocycles. The van der Waals surface area contributed by atoms with Gasteiger partial charge in [-0.15, -0.1) is 0 Å². The van der Waals surface area contributed by atoms with Crippen molar-refractivity contribution in [2.24, 2.45) is 5.92 Å². The Morgan fingerprint density at radius 2 is 0.554 bits per heavy atom. The molecular weight excluding hydrogens is 1100 g/mol. The maximum absolute atomic E-state index is 13.0. The van der Waals surface area contributed by atoms with E-state index < -0.39 is 97.5 Å². The summed E-state index contributed by atoms with van der Waals surface area (Å²) in [5.41, 5.74) is 0. The van der Waals surface area contributed by atoms with Crippen LogP contribution in [0.25, 0.3) is 0 Å². The van der Waals surface area contributed by atoms with Gasteiger partial charge >= 0.3 is 39.5 Å². The molecule has 0 spiro atoms. The second-order valence-electron chi connectivity index (χ2n) is 23.6. The number of esters is 4. The van der Waals surface area contributed by atoms with Crippen molar-refractivity contribution in [1.82, 2.24) is 0 Å². The van der Waals surface area contributed by atoms with E-state index in [0.29, 0.717) is 31.6 Å². The molecule has 2 unspecified atom stereocenters. The van der Waals surface area contributed by atoms with Gasteiger partial charge < -0.3 is 33.8 Å². The number of phosphoric acid groups is 2. The van der Waals surface area contributed by atoms with Crippen LogP contribution in [0.15, 0.2) is 0 Å². The van der Waals surface area contributed by atoms with E-state index in [1.54, 1.807) is 0 Å². The molecule has 0 amide bonds. The number of carbonyl (C=O) groups excluding carboxylic acids is 4. The fraction of sp³-hybridized carbons (Fsp3) is 0.938. The normalized spacial score (nSPS) is 14.2. The highest BCUT2D eigenvalue weighted by Gasteiger charge is 2.30. The zero-order valence-corrected chi connectivity index (χ0v) is 55.1. The van der Waals surface area contributed by atoms with Crippen LogP contribution < -0.4 is 0 Å². The average molecular weight is 1230 g/mol. The Labute approximate surface area is 505 Å². The van der Waals surface area contributed by atoms with Gasteiger partial charge in [-0.1, -0.05) is 272 Å². The lowest BCUT2D eigenvalue weighted by Crippen LogP contribution is -2.30. The van der Waals surface area contributed by atoms with Crippen LogP contribution in [-0.2, 0) is 65.4 Å². The maximum atomic E-state index is 13.0. The molecule has 0 heterocycles. The van der Waals surface area contributed by atoms with E-state index in [0.717, 1.165) is 96.3 Å². The Hall–Kier alpha value is -1.94. The van der Waals surface area contributed by atoms with Gasteiger partial charge in [0.1, 0.15) is 19.3 Å². The van der Waals surface area contributed by atoms with Crippen molar-refractivity contribution < 1.29 is 80.2 Å². The monoisotopic (exact) mass is 1230 g/mol. The molecule has 0 fully saturated rings. The van der Waals surface area contributed by atoms with Crippen molar-refractivity contribution in [3.8, 4) is 0 Å². The molecule has 0 rings (SSSR count). The zero-order valence-electron chi connectivity index (χ0n) is 53.3. The molecule has 0 saturated heterocycles. The first-order chi connectivity index (χ1) is 40.0. The molecule has 3 N–H and O–H groups in total. The predicted molar refractivity (Wildman–Crippen MR) is 331 cm³/mol. The molecule has 0 radical (unpaired) electrons. The van der Waals surface area contributed by atoms with E-state index >= 15 is 0 Å². The lowest BCUT2D eigenvalue weighted by Gasteiger charge is -2.21. The number of hydrogen-bond acceptors (Lipinski definition) is 15. The summed E-state index contributed by atoms with van der Waals surface area (Å²) in [4.78, 5) is 71.9. The summed E-state index contributed by atoms with van der Waals surface area (Å²) in [7, 11) is -9.87. The van der Waals surface area contributed by atoms with Crippen molar-refractivity contribution in [1.29, 1.82) is 0 Å². The van der Waals surface area contributed by atoms with Crippen LogP contribution >= 0.6 is 15.6 Å². The summed E-state index contributed by atoms with van der Waals surface area (Å²) in [5, 5.41) is 10.5. The van der Waals surface area contributed by atoms with Gasteiger partial charge in [0.25, 0.3) is 0 Å². The quantitative estimate of drug-likeness (QED) is 0.0222. The first kappa shape index (κ1) is 81.1. The Kier molecular flexibility index (Phi) is 56.4. The first-order valence-electron chi connectivity index (χ1n) is 33.6. The zero-order chi connectivity index (χ0) is 61.3. The molecule has 83 heavy (non-hydrogen) atoms. The van der Waals surface area contributed by atoms with Crippen LogP contribution in [0.3, 0.4) is 0 Å². The van der Waals surface area contributed by atoms with Gasteiger partial charge in [-0.25, -0.2) is 9.13 Å². The van der Waals surface area contributed by atoms with Crippen LogP contribution in [-0.4, -0.2) is 96.7 Å². The van der Waals surface area contributed by atoms with E-state index in [4.69, 9.17) is 37.0 Å². The molecule has 17 nitrogen and oxygen atoms in total. The fourth-order valence-electron chi connectivity index (χ4n) is 9.58. The summed E-state index contributed by atoms with van der Waals surface area (Å²) in [6, 6.07) is 0. The van der Waals surface area contributed by atoms with Gasteiger partial charge in [-0.05, 0) is 31.6 Å². The fourth-order valence-corrected chi connectivity index (χ4v) is 11.2. The second-order valence-corrected chi connectivity index (χ2v) is 26.5. The Bertz CT molecular complexity index is 1620. The van der Waals surface area contributed by atoms with Crippen molar-refractivity contribution in [3.05, 3.63) is 0 Å². The average Bonchev–Trinajstić information content (AvgIpc) is 3.47. The molecule has 0 aromatic rings. The van der Waals surface area contributed by atoms with E-state index in [1.165, 1.54) is 141 Å². The largest absolute Gasteiger partial charge is 0.472 e. The van der Waals surface area contributed by atoms with Crippen LogP contribution in [0.4, 0.5) is 0 Å². The number of phosphoric ester groups is 2. The van der Waals surface area contributed by atoms with Crippen LogP contribution in [0.5, 0.6) is 0 Å². The predicted octanol–water partition coefficient (Wildman–Crippen LogP) is 17.8. The smallest absolute Gasteiger partial charge is 0.462 e. The van der Waals surface area contributed by atoms with E-state index in [-0.39, 0.29) is 25.7 Å². The summed E-state index contributed by atoms with van der Waals surface area (Å²) < 4.78 is 67.7. The van der Waals surface area contributed by atoms with E-state index in [2.05, 4.69) is 34.6 Å². The topological polar surface area (TPSA) is 237 Å². The van der Waals surface area contributed by atoms with Crippen molar-refractivity contribution in [3.63, 3.8) is 0 Å². The minimum absolute atomic E-state index is 0.101. The molecule has 492 valence electrons. The van der Waals surface area contributed by atoms with E-state index in [9.17, 15) is 43.2 Å². The number of hydrogen-bond donors (Lipinski definition) is 3. The van der Waals surface area contributed by atoms with Gasteiger partial charge in [0.05, 0.1) is 26.4 Å². The molecular formula is C64H124O17P2. The number of carbonyl (C=O) groups is 4. The number of rotatable bonds is 64. The maximum Gasteiger partial charge on any atom is 0.472 e. The standard InChI is InChI=1S/C64H124O17P2/c1-6-9-12-15-17-19-21-22-23-24-25-26-27-28-29-31-33-39-44-49-63(68)80-60(54-75-62(67)48-43-38-32-30-20-18-16-13-10-7-2)56-79-83(72,73)77-52-58(65)51-76-82(70,71)78-55-59(53-74-61(66)47-42-36-14-11-8-3)81-64(69)50-45-40-35-34-37-41-46-57(4)5/h57-60,65H,6-56H2,1-5H3,(H,70,71)(H,72,73)/t58-,59+,60+/m0/s1. The van der Waals surface area contributed by atoms with Crippen LogP contribution in [0.1, 0.15) is 324 Å². The third kappa shape index (κ3) is 58.8. The summed E-state index contributed by atoms with van der Waals surface area (Å²) in [5.74, 6) is -1.48. The highest BCUT2D eigenvalue weighted by Crippen LogP contribution is 2.45. The first-order valence-corrected chi connectivity index (χ1v) is 36.6. The third-order valence-corrected chi connectivity index (χ3v) is 16.7. The molecule has 0 aromatic heterocycles. The lowest BCUT2D eigenvalue weighted by atomic mass is 10.0. The lowest BCUT2D eigenvalue weighted by molar-refractivity contribution is -0.161. The highest BCUT2D eigenvalue weighted by atomic mass is 31.2. The number of unbranched alkanes of at least 4 members (excludes halogenated alkanes) is 36. The second kappa shape index (κ2) is 57.8. The van der Waals surface area contributed by atoms with Gasteiger partial charge in [0.2, 0.25) is 0 Å². The van der Waals surface area contributed by atoms with Gasteiger partial charge in [-0.3, -0.25) is 37.3 Å². The number of ether oxygens (including phenoxy) is 4. The van der Waals surface area contributed by atoms with Gasteiger partial charge in [0.15, 0.2) is 12.2 Å². The van der Waals surface area contributed by atoms with Gasteiger partial charge in [-0.2, -0.15) is 0 Å². The Morgan fingerprint density at radius 1 is 0.325 bits per heavy atom. The minimum Gasteiger partial charge on any atom is -0.462 e. The molecule has 0 bridgehead atoms. The number of aliphatic hydroxyl groups excluding tert-OH is 1. The SMILES string of the molecule is CCCCCCCCCCCCCCCCCCCCCC(=O)O[C@H](COC(=O)CCCCCCCCCCCC)COP(=O)(O)OC[C@@H](O)COP(=O)(O)OC[C@@H](COC(=O)CCCCCCC)OC(=O)CCCCCCCCC(C)C. The third-order valence-electron chi connectivity index (χ3n) is 14.8. The van der Waals surface area contributed by atoms with Gasteiger partial charge in [0, 0.05) is 25.7 Å². The van der Waals surface area contributed by atoms with Crippen molar-refractivity contribution in [2.45, 2.75) is 342 Å². The van der Waals surface area contributed by atoms with Crippen LogP contribution in [0, 0.1) is 5.92 Å². The minimum atomic E-state index is -4.94. The molecule has 0 aromatic carbocycles. The van der Waals surface area contributed by atoms with Crippen molar-refractivity contribution >= 4 is 39.5 Å². The summed E-state index contributed by atoms with van der Waals surface area (Å²) in [6.45, 7) is 7.00. The van der Waals surface area contributed by atoms with Crippen molar-refractivity contribution in [2.75, 3.05) is 39.6 Å². The molecule has 19 heteroatoms. The summed E-state index contributed by atoms with van der Waals surface area (Å²) in [6.07, 6.45) is 42.4. The Balaban J connectivity index is 5.10. The summed E-state index contributed by atoms with van der Waals surface area (Å²) >= 11 is 0. The molecule has 0 aliphatic rings. The van der Waals surface area contributed by atoms with Crippen LogP contribution in [0.2, 0.25) is 0 Å². The van der Waals surface area contributed by atoms with E-state index in [1.807, 2.05) is 0 Å². The number of aliphatic hydroxyl groups is 1. The Morgan fingerprint density at radius 3 is 0.819 bits per heavy atom. The molecule has 0 aliphatic carbocycles. The highest BCUT2D eigenvalue weighted by molar-refractivity contribution is 7.47.